The SMILES string of the molecule is CCC(CC)C(O)CNC(=O)CCNC(C)=O. The smallest absolute Gasteiger partial charge is 0.221 e. The van der Waals surface area contributed by atoms with E-state index in [2.05, 4.69) is 10.6 Å². The molecule has 0 spiro atoms. The molecule has 100 valence electrons. The lowest BCUT2D eigenvalue weighted by atomic mass is 9.96. The molecule has 1 unspecified atom stereocenters. The van der Waals surface area contributed by atoms with Crippen molar-refractivity contribution in [1.29, 1.82) is 0 Å². The fourth-order valence-electron chi connectivity index (χ4n) is 1.66. The van der Waals surface area contributed by atoms with E-state index in [1.807, 2.05) is 13.8 Å². The summed E-state index contributed by atoms with van der Waals surface area (Å²) in [5.74, 6) is -0.0655. The van der Waals surface area contributed by atoms with Gasteiger partial charge in [-0.05, 0) is 5.92 Å². The summed E-state index contributed by atoms with van der Waals surface area (Å²) in [5, 5.41) is 15.0. The minimum absolute atomic E-state index is 0.144. The number of aliphatic hydroxyl groups excluding tert-OH is 1. The van der Waals surface area contributed by atoms with Crippen LogP contribution in [0.4, 0.5) is 0 Å². The number of hydrogen-bond acceptors (Lipinski definition) is 3. The van der Waals surface area contributed by atoms with Crippen LogP contribution in [0, 0.1) is 5.92 Å². The predicted octanol–water partition coefficient (Wildman–Crippen LogP) is 0.426. The van der Waals surface area contributed by atoms with Crippen LogP contribution in [0.3, 0.4) is 0 Å². The van der Waals surface area contributed by atoms with E-state index in [1.165, 1.54) is 6.92 Å². The third-order valence-corrected chi connectivity index (χ3v) is 2.83. The highest BCUT2D eigenvalue weighted by Gasteiger charge is 2.15. The van der Waals surface area contributed by atoms with E-state index in [0.717, 1.165) is 12.8 Å². The summed E-state index contributed by atoms with van der Waals surface area (Å²) in [6.07, 6.45) is 1.56. The quantitative estimate of drug-likeness (QED) is 0.579. The van der Waals surface area contributed by atoms with Crippen LogP contribution < -0.4 is 10.6 Å². The minimum Gasteiger partial charge on any atom is -0.391 e. The summed E-state index contributed by atoms with van der Waals surface area (Å²) >= 11 is 0. The molecule has 1 atom stereocenters. The van der Waals surface area contributed by atoms with Crippen LogP contribution in [0.15, 0.2) is 0 Å². The van der Waals surface area contributed by atoms with Gasteiger partial charge in [-0.25, -0.2) is 0 Å². The first-order chi connectivity index (χ1) is 8.01. The Hall–Kier alpha value is -1.10. The summed E-state index contributed by atoms with van der Waals surface area (Å²) < 4.78 is 0. The molecule has 0 bridgehead atoms. The maximum Gasteiger partial charge on any atom is 0.221 e. The zero-order valence-corrected chi connectivity index (χ0v) is 11.0. The highest BCUT2D eigenvalue weighted by Crippen LogP contribution is 2.12. The average molecular weight is 244 g/mol. The highest BCUT2D eigenvalue weighted by atomic mass is 16.3. The van der Waals surface area contributed by atoms with Gasteiger partial charge in [0, 0.05) is 26.4 Å². The summed E-state index contributed by atoms with van der Waals surface area (Å²) in [6, 6.07) is 0. The van der Waals surface area contributed by atoms with Crippen molar-refractivity contribution in [2.45, 2.75) is 46.1 Å². The fraction of sp³-hybridized carbons (Fsp3) is 0.833. The Kier molecular flexibility index (Phi) is 8.40. The lowest BCUT2D eigenvalue weighted by molar-refractivity contribution is -0.122. The molecule has 0 fully saturated rings. The van der Waals surface area contributed by atoms with E-state index < -0.39 is 6.10 Å². The molecule has 0 aliphatic rings. The van der Waals surface area contributed by atoms with E-state index in [4.69, 9.17) is 0 Å². The molecule has 3 N–H and O–H groups in total. The number of carbonyl (C=O) groups excluding carboxylic acids is 2. The molecule has 0 rings (SSSR count). The van der Waals surface area contributed by atoms with E-state index in [-0.39, 0.29) is 30.7 Å². The third kappa shape index (κ3) is 7.74. The van der Waals surface area contributed by atoms with Gasteiger partial charge in [-0.3, -0.25) is 9.59 Å². The van der Waals surface area contributed by atoms with Crippen molar-refractivity contribution in [2.24, 2.45) is 5.92 Å². The maximum atomic E-state index is 11.4. The normalized spacial score (nSPS) is 12.3. The molecule has 0 saturated heterocycles. The van der Waals surface area contributed by atoms with Gasteiger partial charge in [0.2, 0.25) is 11.8 Å². The number of aliphatic hydroxyl groups is 1. The molecular formula is C12H24N2O3. The van der Waals surface area contributed by atoms with Crippen molar-refractivity contribution in [2.75, 3.05) is 13.1 Å². The Bertz CT molecular complexity index is 240. The second-order valence-electron chi connectivity index (χ2n) is 4.18. The predicted molar refractivity (Wildman–Crippen MR) is 66.4 cm³/mol. The topological polar surface area (TPSA) is 78.4 Å². The number of hydrogen-bond donors (Lipinski definition) is 3. The molecule has 0 aliphatic heterocycles. The van der Waals surface area contributed by atoms with Gasteiger partial charge < -0.3 is 15.7 Å². The largest absolute Gasteiger partial charge is 0.391 e. The Balaban J connectivity index is 3.72. The van der Waals surface area contributed by atoms with Gasteiger partial charge in [-0.1, -0.05) is 26.7 Å². The molecule has 17 heavy (non-hydrogen) atoms. The van der Waals surface area contributed by atoms with Crippen LogP contribution in [0.5, 0.6) is 0 Å². The molecule has 0 aromatic carbocycles. The first kappa shape index (κ1) is 15.9. The summed E-state index contributed by atoms with van der Waals surface area (Å²) in [6.45, 7) is 6.08. The molecule has 5 nitrogen and oxygen atoms in total. The third-order valence-electron chi connectivity index (χ3n) is 2.83. The van der Waals surface area contributed by atoms with Gasteiger partial charge >= 0.3 is 0 Å². The fourth-order valence-corrected chi connectivity index (χ4v) is 1.66. The first-order valence-electron chi connectivity index (χ1n) is 6.20. The Morgan fingerprint density at radius 1 is 1.18 bits per heavy atom. The van der Waals surface area contributed by atoms with Crippen molar-refractivity contribution in [3.8, 4) is 0 Å². The molecule has 0 radical (unpaired) electrons. The summed E-state index contributed by atoms with van der Waals surface area (Å²) in [5.41, 5.74) is 0. The second kappa shape index (κ2) is 8.98. The Morgan fingerprint density at radius 3 is 2.24 bits per heavy atom. The van der Waals surface area contributed by atoms with Gasteiger partial charge in [-0.2, -0.15) is 0 Å². The molecule has 0 heterocycles. The van der Waals surface area contributed by atoms with Gasteiger partial charge in [0.15, 0.2) is 0 Å². The van der Waals surface area contributed by atoms with E-state index in [9.17, 15) is 14.7 Å². The zero-order valence-electron chi connectivity index (χ0n) is 11.0. The molecule has 0 aliphatic carbocycles. The number of carbonyl (C=O) groups is 2. The van der Waals surface area contributed by atoms with Crippen LogP contribution in [-0.4, -0.2) is 36.1 Å². The maximum absolute atomic E-state index is 11.4. The molecule has 2 amide bonds. The number of amides is 2. The van der Waals surface area contributed by atoms with Crippen molar-refractivity contribution in [3.05, 3.63) is 0 Å². The van der Waals surface area contributed by atoms with Crippen LogP contribution in [-0.2, 0) is 9.59 Å². The molecular weight excluding hydrogens is 220 g/mol. The Morgan fingerprint density at radius 2 is 1.76 bits per heavy atom. The van der Waals surface area contributed by atoms with Crippen molar-refractivity contribution in [1.82, 2.24) is 10.6 Å². The van der Waals surface area contributed by atoms with E-state index >= 15 is 0 Å². The average Bonchev–Trinajstić information content (AvgIpc) is 2.27. The van der Waals surface area contributed by atoms with Crippen molar-refractivity contribution < 1.29 is 14.7 Å². The first-order valence-corrected chi connectivity index (χ1v) is 6.20. The van der Waals surface area contributed by atoms with Gasteiger partial charge in [0.05, 0.1) is 6.10 Å². The van der Waals surface area contributed by atoms with Crippen molar-refractivity contribution in [3.63, 3.8) is 0 Å². The van der Waals surface area contributed by atoms with Gasteiger partial charge in [0.25, 0.3) is 0 Å². The van der Waals surface area contributed by atoms with Crippen LogP contribution in [0.2, 0.25) is 0 Å². The molecule has 5 heteroatoms. The molecule has 0 aromatic heterocycles. The standard InChI is InChI=1S/C12H24N2O3/c1-4-10(5-2)11(16)8-14-12(17)6-7-13-9(3)15/h10-11,16H,4-8H2,1-3H3,(H,13,15)(H,14,17). The summed E-state index contributed by atoms with van der Waals surface area (Å²) in [7, 11) is 0. The zero-order chi connectivity index (χ0) is 13.3. The minimum atomic E-state index is -0.491. The second-order valence-corrected chi connectivity index (χ2v) is 4.18. The lowest BCUT2D eigenvalue weighted by Gasteiger charge is -2.20. The van der Waals surface area contributed by atoms with E-state index in [1.54, 1.807) is 0 Å². The Labute approximate surface area is 103 Å². The number of rotatable bonds is 8. The van der Waals surface area contributed by atoms with Crippen LogP contribution in [0.25, 0.3) is 0 Å². The van der Waals surface area contributed by atoms with E-state index in [0.29, 0.717) is 6.54 Å². The molecule has 0 saturated carbocycles. The highest BCUT2D eigenvalue weighted by molar-refractivity contribution is 5.77. The lowest BCUT2D eigenvalue weighted by Crippen LogP contribution is -2.37. The van der Waals surface area contributed by atoms with Crippen molar-refractivity contribution >= 4 is 11.8 Å². The van der Waals surface area contributed by atoms with Gasteiger partial charge in [0.1, 0.15) is 0 Å². The number of nitrogens with one attached hydrogen (secondary N) is 2. The van der Waals surface area contributed by atoms with Crippen LogP contribution >= 0.6 is 0 Å². The molecule has 0 aromatic rings. The van der Waals surface area contributed by atoms with Gasteiger partial charge in [-0.15, -0.1) is 0 Å². The van der Waals surface area contributed by atoms with Crippen LogP contribution in [0.1, 0.15) is 40.0 Å². The summed E-state index contributed by atoms with van der Waals surface area (Å²) in [4.78, 5) is 21.9. The monoisotopic (exact) mass is 244 g/mol.